The van der Waals surface area contributed by atoms with Crippen molar-refractivity contribution < 1.29 is 0 Å². The molecule has 4 N–H and O–H groups in total. The van der Waals surface area contributed by atoms with Gasteiger partial charge < -0.3 is 11.2 Å². The largest absolute Gasteiger partial charge is 0.382 e. The highest BCUT2D eigenvalue weighted by Crippen LogP contribution is 2.09. The maximum atomic E-state index is 11.2. The Labute approximate surface area is 72.6 Å². The van der Waals surface area contributed by atoms with Crippen molar-refractivity contribution in [1.29, 1.82) is 0 Å². The first-order valence-corrected chi connectivity index (χ1v) is 3.63. The minimum Gasteiger partial charge on any atom is -0.382 e. The molecule has 0 aliphatic heterocycles. The van der Waals surface area contributed by atoms with E-state index in [0.717, 1.165) is 0 Å². The summed E-state index contributed by atoms with van der Waals surface area (Å²) in [5, 5.41) is 0. The molecule has 0 aromatic carbocycles. The zero-order chi connectivity index (χ0) is 9.42. The van der Waals surface area contributed by atoms with Crippen LogP contribution in [-0.2, 0) is 0 Å². The highest BCUT2D eigenvalue weighted by Gasteiger charge is 2.08. The molecule has 2 rings (SSSR count). The molecule has 68 valence electrons. The van der Waals surface area contributed by atoms with Crippen LogP contribution in [0.1, 0.15) is 0 Å². The van der Waals surface area contributed by atoms with Crippen LogP contribution in [0, 0.1) is 0 Å². The third-order valence-electron chi connectivity index (χ3n) is 1.73. The molecule has 0 radical (unpaired) electrons. The molecule has 13 heavy (non-hydrogen) atoms. The zero-order valence-corrected chi connectivity index (χ0v) is 6.90. The van der Waals surface area contributed by atoms with E-state index in [-0.39, 0.29) is 11.5 Å². The predicted octanol–water partition coefficient (Wildman–Crippen LogP) is -1.12. The lowest BCUT2D eigenvalue weighted by molar-refractivity contribution is 0.888. The maximum absolute atomic E-state index is 11.2. The quantitative estimate of drug-likeness (QED) is 0.515. The lowest BCUT2D eigenvalue weighted by atomic mass is 10.5. The van der Waals surface area contributed by atoms with E-state index < -0.39 is 0 Å². The summed E-state index contributed by atoms with van der Waals surface area (Å²) in [6.07, 6.45) is 1.30. The average Bonchev–Trinajstić information content (AvgIpc) is 2.43. The number of hydrogen-bond acceptors (Lipinski definition) is 5. The molecule has 0 saturated heterocycles. The molecule has 2 aromatic heterocycles. The van der Waals surface area contributed by atoms with E-state index >= 15 is 0 Å². The van der Waals surface area contributed by atoms with Crippen LogP contribution in [-0.4, -0.2) is 26.7 Å². The summed E-state index contributed by atoms with van der Waals surface area (Å²) >= 11 is 0. The van der Waals surface area contributed by atoms with Crippen molar-refractivity contribution in [3.8, 4) is 0 Å². The van der Waals surface area contributed by atoms with Gasteiger partial charge in [-0.25, -0.2) is 14.8 Å². The minimum atomic E-state index is -0.315. The summed E-state index contributed by atoms with van der Waals surface area (Å²) in [7, 11) is 1.62. The highest BCUT2D eigenvalue weighted by atomic mass is 16.2. The van der Waals surface area contributed by atoms with Gasteiger partial charge in [-0.3, -0.25) is 4.98 Å². The molecule has 2 aromatic rings. The fraction of sp³-hybridized carbons (Fsp3) is 0.167. The summed E-state index contributed by atoms with van der Waals surface area (Å²) in [6, 6.07) is 0. The Balaban J connectivity index is 2.94. The molecule has 0 atom stereocenters. The lowest BCUT2D eigenvalue weighted by Crippen LogP contribution is -2.23. The summed E-state index contributed by atoms with van der Waals surface area (Å²) < 4.78 is 1.26. The number of nitrogen functional groups attached to an aromatic ring is 1. The zero-order valence-electron chi connectivity index (χ0n) is 6.90. The molecular formula is C6H8N6O. The molecule has 0 unspecified atom stereocenters. The number of anilines is 1. The molecule has 0 spiro atoms. The van der Waals surface area contributed by atoms with E-state index in [2.05, 4.69) is 20.4 Å². The molecule has 7 nitrogen and oxygen atoms in total. The minimum absolute atomic E-state index is 0.260. The number of imidazole rings is 1. The van der Waals surface area contributed by atoms with Crippen molar-refractivity contribution in [2.24, 2.45) is 0 Å². The van der Waals surface area contributed by atoms with Crippen LogP contribution in [0.4, 0.5) is 5.82 Å². The molecule has 0 bridgehead atoms. The third kappa shape index (κ3) is 0.934. The van der Waals surface area contributed by atoms with E-state index in [0.29, 0.717) is 11.2 Å². The molecule has 7 heteroatoms. The molecule has 0 fully saturated rings. The maximum Gasteiger partial charge on any atom is 0.346 e. The van der Waals surface area contributed by atoms with Crippen LogP contribution >= 0.6 is 0 Å². The first-order chi connectivity index (χ1) is 6.24. The summed E-state index contributed by atoms with van der Waals surface area (Å²) in [6.45, 7) is 0. The molecule has 0 aliphatic rings. The normalized spacial score (nSPS) is 10.5. The Kier molecular flexibility index (Phi) is 1.44. The first kappa shape index (κ1) is 7.59. The number of nitrogens with one attached hydrogen (secondary N) is 2. The van der Waals surface area contributed by atoms with Gasteiger partial charge in [0.15, 0.2) is 11.5 Å². The van der Waals surface area contributed by atoms with Gasteiger partial charge in [-0.2, -0.15) is 4.68 Å². The summed E-state index contributed by atoms with van der Waals surface area (Å²) in [4.78, 5) is 21.4. The Hall–Kier alpha value is -2.05. The van der Waals surface area contributed by atoms with Crippen molar-refractivity contribution in [3.63, 3.8) is 0 Å². The second kappa shape index (κ2) is 2.47. The van der Waals surface area contributed by atoms with E-state index in [1.807, 2.05) is 0 Å². The fourth-order valence-electron chi connectivity index (χ4n) is 1.15. The summed E-state index contributed by atoms with van der Waals surface area (Å²) in [5.74, 6) is 0.260. The number of nitrogens with zero attached hydrogens (tertiary/aromatic N) is 3. The van der Waals surface area contributed by atoms with Crippen LogP contribution in [0.5, 0.6) is 0 Å². The van der Waals surface area contributed by atoms with Crippen LogP contribution < -0.4 is 16.8 Å². The third-order valence-corrected chi connectivity index (χ3v) is 1.73. The average molecular weight is 180 g/mol. The number of H-pyrrole nitrogens is 1. The van der Waals surface area contributed by atoms with Crippen molar-refractivity contribution in [3.05, 3.63) is 16.8 Å². The fourth-order valence-corrected chi connectivity index (χ4v) is 1.15. The van der Waals surface area contributed by atoms with Crippen LogP contribution in [0.15, 0.2) is 11.1 Å². The van der Waals surface area contributed by atoms with Crippen LogP contribution in [0.25, 0.3) is 11.2 Å². The predicted molar refractivity (Wildman–Crippen MR) is 47.8 cm³/mol. The first-order valence-electron chi connectivity index (χ1n) is 3.63. The van der Waals surface area contributed by atoms with E-state index in [4.69, 9.17) is 5.73 Å². The Bertz CT molecular complexity index is 497. The Morgan fingerprint density at radius 2 is 2.38 bits per heavy atom. The number of aromatic amines is 1. The van der Waals surface area contributed by atoms with E-state index in [1.54, 1.807) is 7.05 Å². The Morgan fingerprint density at radius 3 is 3.08 bits per heavy atom. The number of aromatic nitrogens is 4. The molecule has 2 heterocycles. The second-order valence-corrected chi connectivity index (χ2v) is 2.45. The van der Waals surface area contributed by atoms with Gasteiger partial charge >= 0.3 is 5.69 Å². The van der Waals surface area contributed by atoms with Gasteiger partial charge in [-0.05, 0) is 0 Å². The van der Waals surface area contributed by atoms with Crippen molar-refractivity contribution in [2.45, 2.75) is 0 Å². The molecular weight excluding hydrogens is 172 g/mol. The van der Waals surface area contributed by atoms with Crippen molar-refractivity contribution in [2.75, 3.05) is 18.2 Å². The number of hydrogen-bond donors (Lipinski definition) is 3. The van der Waals surface area contributed by atoms with Gasteiger partial charge in [0, 0.05) is 7.05 Å². The van der Waals surface area contributed by atoms with Gasteiger partial charge in [0.2, 0.25) is 0 Å². The number of rotatable bonds is 1. The van der Waals surface area contributed by atoms with Gasteiger partial charge in [-0.15, -0.1) is 0 Å². The van der Waals surface area contributed by atoms with Gasteiger partial charge in [-0.1, -0.05) is 0 Å². The van der Waals surface area contributed by atoms with Gasteiger partial charge in [0.1, 0.15) is 11.8 Å². The number of fused-ring (bicyclic) bond motifs is 1. The van der Waals surface area contributed by atoms with Crippen molar-refractivity contribution in [1.82, 2.24) is 19.6 Å². The standard InChI is InChI=1S/C6H8N6O/c1-8-12-5-3(11-6(12)13)4(7)9-2-10-5/h2,8H,1H3,(H,11,13)(H2,7,9,10). The van der Waals surface area contributed by atoms with Crippen molar-refractivity contribution >= 4 is 17.0 Å². The van der Waals surface area contributed by atoms with E-state index in [1.165, 1.54) is 11.0 Å². The second-order valence-electron chi connectivity index (χ2n) is 2.45. The lowest BCUT2D eigenvalue weighted by Gasteiger charge is -1.98. The Morgan fingerprint density at radius 1 is 1.62 bits per heavy atom. The smallest absolute Gasteiger partial charge is 0.346 e. The monoisotopic (exact) mass is 180 g/mol. The van der Waals surface area contributed by atoms with Gasteiger partial charge in [0.25, 0.3) is 0 Å². The number of nitrogens with two attached hydrogens (primary N) is 1. The topological polar surface area (TPSA) is 102 Å². The van der Waals surface area contributed by atoms with E-state index in [9.17, 15) is 4.79 Å². The van der Waals surface area contributed by atoms with Gasteiger partial charge in [0.05, 0.1) is 0 Å². The van der Waals surface area contributed by atoms with Crippen LogP contribution in [0.3, 0.4) is 0 Å². The molecule has 0 aliphatic carbocycles. The summed E-state index contributed by atoms with van der Waals surface area (Å²) in [5.41, 5.74) is 8.78. The SMILES string of the molecule is CNn1c(=O)[nH]c2c(N)ncnc21. The highest BCUT2D eigenvalue weighted by molar-refractivity contribution is 5.81. The molecule has 0 saturated carbocycles. The molecule has 0 amide bonds. The van der Waals surface area contributed by atoms with Crippen LogP contribution in [0.2, 0.25) is 0 Å².